The molecular formula is C13H17N3O3. The summed E-state index contributed by atoms with van der Waals surface area (Å²) >= 11 is 0. The van der Waals surface area contributed by atoms with Crippen molar-refractivity contribution in [2.24, 2.45) is 5.73 Å². The third kappa shape index (κ3) is 2.67. The van der Waals surface area contributed by atoms with Gasteiger partial charge in [0, 0.05) is 24.2 Å². The fourth-order valence-corrected chi connectivity index (χ4v) is 2.52. The van der Waals surface area contributed by atoms with Crippen LogP contribution in [0.15, 0.2) is 18.2 Å². The van der Waals surface area contributed by atoms with Crippen molar-refractivity contribution < 1.29 is 9.72 Å². The van der Waals surface area contributed by atoms with Crippen molar-refractivity contribution in [2.45, 2.75) is 32.2 Å². The largest absolute Gasteiger partial charge is 0.366 e. The molecule has 6 nitrogen and oxygen atoms in total. The number of anilines is 1. The summed E-state index contributed by atoms with van der Waals surface area (Å²) in [5.41, 5.74) is 5.85. The molecule has 0 aliphatic carbocycles. The molecule has 1 unspecified atom stereocenters. The van der Waals surface area contributed by atoms with Gasteiger partial charge in [-0.25, -0.2) is 0 Å². The first-order valence-corrected chi connectivity index (χ1v) is 6.35. The molecule has 1 atom stereocenters. The molecule has 1 saturated heterocycles. The average molecular weight is 263 g/mol. The molecule has 1 heterocycles. The Morgan fingerprint density at radius 3 is 2.79 bits per heavy atom. The number of hydrogen-bond acceptors (Lipinski definition) is 4. The van der Waals surface area contributed by atoms with E-state index in [1.54, 1.807) is 12.1 Å². The molecule has 19 heavy (non-hydrogen) atoms. The maximum absolute atomic E-state index is 11.2. The van der Waals surface area contributed by atoms with Crippen LogP contribution in [-0.2, 0) is 0 Å². The zero-order valence-corrected chi connectivity index (χ0v) is 10.8. The smallest absolute Gasteiger partial charge is 0.293 e. The highest BCUT2D eigenvalue weighted by Crippen LogP contribution is 2.33. The van der Waals surface area contributed by atoms with Crippen LogP contribution in [0.3, 0.4) is 0 Å². The molecule has 1 aliphatic heterocycles. The van der Waals surface area contributed by atoms with E-state index in [4.69, 9.17) is 5.73 Å². The lowest BCUT2D eigenvalue weighted by atomic mass is 10.0. The second-order valence-corrected chi connectivity index (χ2v) is 4.86. The van der Waals surface area contributed by atoms with Crippen molar-refractivity contribution in [3.63, 3.8) is 0 Å². The second-order valence-electron chi connectivity index (χ2n) is 4.86. The lowest BCUT2D eigenvalue weighted by Crippen LogP contribution is -2.37. The summed E-state index contributed by atoms with van der Waals surface area (Å²) in [6, 6.07) is 4.71. The van der Waals surface area contributed by atoms with Crippen molar-refractivity contribution >= 4 is 17.3 Å². The van der Waals surface area contributed by atoms with Crippen molar-refractivity contribution in [3.8, 4) is 0 Å². The molecule has 0 aromatic heterocycles. The van der Waals surface area contributed by atoms with Gasteiger partial charge in [-0.3, -0.25) is 14.9 Å². The van der Waals surface area contributed by atoms with E-state index in [2.05, 4.69) is 6.92 Å². The molecule has 1 aromatic rings. The Morgan fingerprint density at radius 1 is 1.47 bits per heavy atom. The van der Waals surface area contributed by atoms with Crippen LogP contribution < -0.4 is 10.6 Å². The van der Waals surface area contributed by atoms with Crippen LogP contribution >= 0.6 is 0 Å². The quantitative estimate of drug-likeness (QED) is 0.667. The molecule has 0 bridgehead atoms. The van der Waals surface area contributed by atoms with Gasteiger partial charge in [0.1, 0.15) is 5.69 Å². The molecule has 0 saturated carbocycles. The highest BCUT2D eigenvalue weighted by molar-refractivity contribution is 5.94. The molecular weight excluding hydrogens is 246 g/mol. The highest BCUT2D eigenvalue weighted by Gasteiger charge is 2.26. The van der Waals surface area contributed by atoms with E-state index in [1.165, 1.54) is 6.07 Å². The molecule has 6 heteroatoms. The molecule has 0 spiro atoms. The predicted molar refractivity (Wildman–Crippen MR) is 72.3 cm³/mol. The SMILES string of the molecule is CC1CCCCN1c1ccc(C(N)=O)cc1[N+](=O)[O-]. The number of primary amides is 1. The predicted octanol–water partition coefficient (Wildman–Crippen LogP) is 2.07. The first-order valence-electron chi connectivity index (χ1n) is 6.35. The number of nitro groups is 1. The summed E-state index contributed by atoms with van der Waals surface area (Å²) in [6.45, 7) is 2.86. The van der Waals surface area contributed by atoms with Crippen LogP contribution in [0, 0.1) is 10.1 Å². The van der Waals surface area contributed by atoms with Crippen LogP contribution in [0.5, 0.6) is 0 Å². The van der Waals surface area contributed by atoms with Crippen molar-refractivity contribution in [2.75, 3.05) is 11.4 Å². The van der Waals surface area contributed by atoms with Crippen molar-refractivity contribution in [3.05, 3.63) is 33.9 Å². The summed E-state index contributed by atoms with van der Waals surface area (Å²) in [4.78, 5) is 23.9. The number of piperidine rings is 1. The van der Waals surface area contributed by atoms with E-state index < -0.39 is 10.8 Å². The lowest BCUT2D eigenvalue weighted by Gasteiger charge is -2.35. The van der Waals surface area contributed by atoms with Gasteiger partial charge in [0.2, 0.25) is 5.91 Å². The van der Waals surface area contributed by atoms with Gasteiger partial charge < -0.3 is 10.6 Å². The summed E-state index contributed by atoms with van der Waals surface area (Å²) in [5, 5.41) is 11.2. The summed E-state index contributed by atoms with van der Waals surface area (Å²) in [6.07, 6.45) is 3.19. The van der Waals surface area contributed by atoms with Gasteiger partial charge in [-0.1, -0.05) is 0 Å². The number of rotatable bonds is 3. The zero-order chi connectivity index (χ0) is 14.0. The Morgan fingerprint density at radius 2 is 2.21 bits per heavy atom. The molecule has 1 amide bonds. The normalized spacial score (nSPS) is 19.2. The number of benzene rings is 1. The number of nitrogens with two attached hydrogens (primary N) is 1. The van der Waals surface area contributed by atoms with E-state index in [9.17, 15) is 14.9 Å². The second kappa shape index (κ2) is 5.26. The minimum atomic E-state index is -0.652. The summed E-state index contributed by atoms with van der Waals surface area (Å²) in [5.74, 6) is -0.652. The van der Waals surface area contributed by atoms with E-state index >= 15 is 0 Å². The summed E-state index contributed by atoms with van der Waals surface area (Å²) in [7, 11) is 0. The zero-order valence-electron chi connectivity index (χ0n) is 10.8. The Kier molecular flexibility index (Phi) is 3.69. The van der Waals surface area contributed by atoms with E-state index in [1.807, 2.05) is 4.90 Å². The number of carbonyl (C=O) groups is 1. The van der Waals surface area contributed by atoms with Crippen LogP contribution in [0.4, 0.5) is 11.4 Å². The maximum atomic E-state index is 11.2. The summed E-state index contributed by atoms with van der Waals surface area (Å²) < 4.78 is 0. The number of hydrogen-bond donors (Lipinski definition) is 1. The van der Waals surface area contributed by atoms with Crippen molar-refractivity contribution in [1.82, 2.24) is 0 Å². The van der Waals surface area contributed by atoms with Crippen LogP contribution in [0.25, 0.3) is 0 Å². The highest BCUT2D eigenvalue weighted by atomic mass is 16.6. The molecule has 0 radical (unpaired) electrons. The van der Waals surface area contributed by atoms with Crippen LogP contribution in [0.1, 0.15) is 36.5 Å². The molecule has 1 aliphatic rings. The van der Waals surface area contributed by atoms with E-state index in [0.29, 0.717) is 5.69 Å². The van der Waals surface area contributed by atoms with E-state index in [0.717, 1.165) is 25.8 Å². The van der Waals surface area contributed by atoms with Gasteiger partial charge in [-0.15, -0.1) is 0 Å². The molecule has 1 fully saturated rings. The van der Waals surface area contributed by atoms with Crippen LogP contribution in [-0.4, -0.2) is 23.4 Å². The van der Waals surface area contributed by atoms with E-state index in [-0.39, 0.29) is 17.3 Å². The van der Waals surface area contributed by atoms with Gasteiger partial charge >= 0.3 is 0 Å². The maximum Gasteiger partial charge on any atom is 0.293 e. The standard InChI is InChI=1S/C13H17N3O3/c1-9-4-2-3-7-15(9)11-6-5-10(13(14)17)8-12(11)16(18)19/h5-6,8-9H,2-4,7H2,1H3,(H2,14,17). The first kappa shape index (κ1) is 13.3. The number of nitro benzene ring substituents is 1. The molecule has 102 valence electrons. The lowest BCUT2D eigenvalue weighted by molar-refractivity contribution is -0.384. The van der Waals surface area contributed by atoms with Gasteiger partial charge in [0.25, 0.3) is 5.69 Å². The Bertz CT molecular complexity index is 516. The molecule has 2 rings (SSSR count). The third-order valence-corrected chi connectivity index (χ3v) is 3.57. The first-order chi connectivity index (χ1) is 9.00. The van der Waals surface area contributed by atoms with Gasteiger partial charge in [0.15, 0.2) is 0 Å². The molecule has 2 N–H and O–H groups in total. The number of amides is 1. The number of nitrogens with zero attached hydrogens (tertiary/aromatic N) is 2. The number of carbonyl (C=O) groups excluding carboxylic acids is 1. The fraction of sp³-hybridized carbons (Fsp3) is 0.462. The minimum absolute atomic E-state index is 0.0509. The monoisotopic (exact) mass is 263 g/mol. The minimum Gasteiger partial charge on any atom is -0.366 e. The average Bonchev–Trinajstić information content (AvgIpc) is 2.38. The Hall–Kier alpha value is -2.11. The van der Waals surface area contributed by atoms with Gasteiger partial charge in [0.05, 0.1) is 4.92 Å². The van der Waals surface area contributed by atoms with Gasteiger partial charge in [-0.05, 0) is 38.3 Å². The Labute approximate surface area is 111 Å². The van der Waals surface area contributed by atoms with Gasteiger partial charge in [-0.2, -0.15) is 0 Å². The topological polar surface area (TPSA) is 89.5 Å². The Balaban J connectivity index is 2.44. The van der Waals surface area contributed by atoms with Crippen molar-refractivity contribution in [1.29, 1.82) is 0 Å². The third-order valence-electron chi connectivity index (χ3n) is 3.57. The van der Waals surface area contributed by atoms with Crippen LogP contribution in [0.2, 0.25) is 0 Å². The molecule has 1 aromatic carbocycles. The fourth-order valence-electron chi connectivity index (χ4n) is 2.52.